The lowest BCUT2D eigenvalue weighted by atomic mass is 10.1. The minimum atomic E-state index is -0.592. The highest BCUT2D eigenvalue weighted by molar-refractivity contribution is 8.00. The van der Waals surface area contributed by atoms with Gasteiger partial charge in [0.05, 0.1) is 10.2 Å². The average molecular weight is 595 g/mol. The second kappa shape index (κ2) is 14.1. The molecule has 0 aromatic heterocycles. The first-order valence-corrected chi connectivity index (χ1v) is 14.3. The summed E-state index contributed by atoms with van der Waals surface area (Å²) in [5.74, 6) is -1.23. The summed E-state index contributed by atoms with van der Waals surface area (Å²) in [4.78, 5) is 50.5. The third-order valence-electron chi connectivity index (χ3n) is 6.45. The molecular weight excluding hydrogens is 564 g/mol. The van der Waals surface area contributed by atoms with Gasteiger partial charge >= 0.3 is 0 Å². The normalized spacial score (nSPS) is 11.7. The van der Waals surface area contributed by atoms with Gasteiger partial charge in [-0.25, -0.2) is 0 Å². The van der Waals surface area contributed by atoms with Crippen LogP contribution in [-0.4, -0.2) is 27.9 Å². The van der Waals surface area contributed by atoms with Crippen LogP contribution in [0.3, 0.4) is 0 Å². The molecule has 0 heterocycles. The summed E-state index contributed by atoms with van der Waals surface area (Å²) < 4.78 is 0. The predicted molar refractivity (Wildman–Crippen MR) is 170 cm³/mol. The molecule has 9 nitrogen and oxygen atoms in total. The van der Waals surface area contributed by atoms with Crippen LogP contribution in [0.4, 0.5) is 17.1 Å². The molecule has 4 aromatic rings. The van der Waals surface area contributed by atoms with Gasteiger partial charge in [0.2, 0.25) is 5.91 Å². The van der Waals surface area contributed by atoms with Crippen molar-refractivity contribution in [3.05, 3.63) is 135 Å². The Morgan fingerprint density at radius 1 is 0.837 bits per heavy atom. The van der Waals surface area contributed by atoms with E-state index in [9.17, 15) is 24.5 Å². The number of amides is 3. The van der Waals surface area contributed by atoms with Crippen molar-refractivity contribution in [2.75, 3.05) is 10.6 Å². The van der Waals surface area contributed by atoms with E-state index in [2.05, 4.69) is 16.0 Å². The van der Waals surface area contributed by atoms with Crippen LogP contribution >= 0.6 is 11.8 Å². The number of nitro benzene ring substituents is 1. The van der Waals surface area contributed by atoms with E-state index < -0.39 is 22.0 Å². The smallest absolute Gasteiger partial charge is 0.272 e. The van der Waals surface area contributed by atoms with E-state index >= 15 is 0 Å². The minimum Gasteiger partial charge on any atom is -0.325 e. The summed E-state index contributed by atoms with van der Waals surface area (Å²) in [6, 6.07) is 26.9. The van der Waals surface area contributed by atoms with Crippen molar-refractivity contribution in [3.8, 4) is 0 Å². The number of aryl methyl sites for hydroxylation is 2. The molecule has 10 heteroatoms. The lowest BCUT2D eigenvalue weighted by Crippen LogP contribution is -2.30. The van der Waals surface area contributed by atoms with Gasteiger partial charge in [-0.1, -0.05) is 42.5 Å². The van der Waals surface area contributed by atoms with Crippen molar-refractivity contribution >= 4 is 52.6 Å². The molecule has 0 spiro atoms. The van der Waals surface area contributed by atoms with Gasteiger partial charge in [-0.3, -0.25) is 24.5 Å². The highest BCUT2D eigenvalue weighted by Crippen LogP contribution is 2.28. The molecule has 0 aliphatic heterocycles. The number of hydrogen-bond donors (Lipinski definition) is 3. The van der Waals surface area contributed by atoms with E-state index in [-0.39, 0.29) is 17.3 Å². The van der Waals surface area contributed by atoms with Crippen LogP contribution in [0.1, 0.15) is 34.0 Å². The van der Waals surface area contributed by atoms with Crippen molar-refractivity contribution in [1.82, 2.24) is 5.32 Å². The number of thioether (sulfide) groups is 1. The molecule has 1 atom stereocenters. The van der Waals surface area contributed by atoms with Crippen molar-refractivity contribution in [1.29, 1.82) is 0 Å². The van der Waals surface area contributed by atoms with Crippen molar-refractivity contribution in [3.63, 3.8) is 0 Å². The maximum atomic E-state index is 13.4. The first-order valence-electron chi connectivity index (χ1n) is 13.4. The second-order valence-corrected chi connectivity index (χ2v) is 11.1. The number of para-hydroxylation sites is 1. The first-order chi connectivity index (χ1) is 20.6. The zero-order valence-electron chi connectivity index (χ0n) is 23.8. The van der Waals surface area contributed by atoms with Crippen LogP contribution in [0.2, 0.25) is 0 Å². The quantitative estimate of drug-likeness (QED) is 0.0807. The predicted octanol–water partition coefficient (Wildman–Crippen LogP) is 6.74. The highest BCUT2D eigenvalue weighted by atomic mass is 32.2. The lowest BCUT2D eigenvalue weighted by Gasteiger charge is -2.16. The van der Waals surface area contributed by atoms with E-state index in [1.807, 2.05) is 45.0 Å². The summed E-state index contributed by atoms with van der Waals surface area (Å²) >= 11 is 1.34. The van der Waals surface area contributed by atoms with Gasteiger partial charge in [-0.2, -0.15) is 0 Å². The summed E-state index contributed by atoms with van der Waals surface area (Å²) in [6.45, 7) is 5.70. The summed E-state index contributed by atoms with van der Waals surface area (Å²) in [7, 11) is 0. The number of rotatable bonds is 10. The molecule has 3 amide bonds. The van der Waals surface area contributed by atoms with Gasteiger partial charge in [0.25, 0.3) is 17.5 Å². The Hall–Kier alpha value is -5.22. The van der Waals surface area contributed by atoms with Crippen LogP contribution in [0.25, 0.3) is 6.08 Å². The molecule has 0 radical (unpaired) electrons. The van der Waals surface area contributed by atoms with Crippen LogP contribution in [0, 0.1) is 24.0 Å². The van der Waals surface area contributed by atoms with Gasteiger partial charge in [-0.05, 0) is 86.0 Å². The van der Waals surface area contributed by atoms with Crippen LogP contribution < -0.4 is 16.0 Å². The number of carbonyl (C=O) groups excluding carboxylic acids is 3. The SMILES string of the molecule is Cc1cccc(C)c1NC(=O)C(C)Sc1cccc(NC(=O)/C(=C\c2ccc([N+](=O)[O-])cc2)NC(=O)c2ccccc2)c1. The van der Waals surface area contributed by atoms with Gasteiger partial charge in [0.1, 0.15) is 5.70 Å². The maximum Gasteiger partial charge on any atom is 0.272 e. The van der Waals surface area contributed by atoms with Crippen molar-refractivity contribution < 1.29 is 19.3 Å². The summed E-state index contributed by atoms with van der Waals surface area (Å²) in [5, 5.41) is 19.1. The molecule has 3 N–H and O–H groups in total. The van der Waals surface area contributed by atoms with Crippen molar-refractivity contribution in [2.45, 2.75) is 30.9 Å². The number of hydrogen-bond acceptors (Lipinski definition) is 6. The van der Waals surface area contributed by atoms with E-state index in [0.717, 1.165) is 21.7 Å². The molecule has 43 heavy (non-hydrogen) atoms. The monoisotopic (exact) mass is 594 g/mol. The minimum absolute atomic E-state index is 0.0536. The van der Waals surface area contributed by atoms with Crippen LogP contribution in [0.15, 0.2) is 108 Å². The number of benzene rings is 4. The largest absolute Gasteiger partial charge is 0.325 e. The Balaban J connectivity index is 1.50. The Morgan fingerprint density at radius 2 is 1.49 bits per heavy atom. The van der Waals surface area contributed by atoms with Gasteiger partial charge < -0.3 is 16.0 Å². The van der Waals surface area contributed by atoms with Gasteiger partial charge in [-0.15, -0.1) is 11.8 Å². The van der Waals surface area contributed by atoms with Gasteiger partial charge in [0.15, 0.2) is 0 Å². The number of carbonyl (C=O) groups is 3. The number of nitrogens with zero attached hydrogens (tertiary/aromatic N) is 1. The molecule has 1 unspecified atom stereocenters. The number of nitrogens with one attached hydrogen (secondary N) is 3. The molecule has 0 aliphatic rings. The fraction of sp³-hybridized carbons (Fsp3) is 0.121. The van der Waals surface area contributed by atoms with Gasteiger partial charge in [0, 0.05) is 34.0 Å². The highest BCUT2D eigenvalue weighted by Gasteiger charge is 2.18. The van der Waals surface area contributed by atoms with E-state index in [4.69, 9.17) is 0 Å². The molecule has 0 fully saturated rings. The zero-order valence-corrected chi connectivity index (χ0v) is 24.6. The molecule has 218 valence electrons. The van der Waals surface area contributed by atoms with E-state index in [1.165, 1.54) is 42.1 Å². The Labute approximate surface area is 253 Å². The zero-order chi connectivity index (χ0) is 30.9. The molecule has 4 rings (SSSR count). The topological polar surface area (TPSA) is 130 Å². The summed E-state index contributed by atoms with van der Waals surface area (Å²) in [6.07, 6.45) is 1.44. The van der Waals surface area contributed by atoms with E-state index in [0.29, 0.717) is 16.8 Å². The van der Waals surface area contributed by atoms with Crippen molar-refractivity contribution in [2.24, 2.45) is 0 Å². The molecular formula is C33H30N4O5S. The Bertz CT molecular complexity index is 1670. The standard InChI is InChI=1S/C33H30N4O5S/c1-21-9-7-10-22(2)30(21)36-31(38)23(3)43-28-14-8-13-26(20-28)34-33(40)29(35-32(39)25-11-5-4-6-12-25)19-24-15-17-27(18-16-24)37(41)42/h4-20,23H,1-3H3,(H,34,40)(H,35,39)(H,36,38)/b29-19+. The Morgan fingerprint density at radius 3 is 2.14 bits per heavy atom. The summed E-state index contributed by atoms with van der Waals surface area (Å²) in [5.41, 5.74) is 3.91. The molecule has 0 bridgehead atoms. The molecule has 0 aliphatic carbocycles. The third kappa shape index (κ3) is 8.40. The maximum absolute atomic E-state index is 13.4. The van der Waals surface area contributed by atoms with Crippen LogP contribution in [0.5, 0.6) is 0 Å². The van der Waals surface area contributed by atoms with Crippen LogP contribution in [-0.2, 0) is 9.59 Å². The fourth-order valence-electron chi connectivity index (χ4n) is 4.14. The molecule has 0 saturated carbocycles. The first kappa shape index (κ1) is 30.7. The lowest BCUT2D eigenvalue weighted by molar-refractivity contribution is -0.384. The Kier molecular flexibility index (Phi) is 10.1. The van der Waals surface area contributed by atoms with E-state index in [1.54, 1.807) is 48.5 Å². The third-order valence-corrected chi connectivity index (χ3v) is 7.54. The molecule has 0 saturated heterocycles. The number of nitro groups is 1. The number of anilines is 2. The number of non-ortho nitro benzene ring substituents is 1. The average Bonchev–Trinajstić information content (AvgIpc) is 2.99. The fourth-order valence-corrected chi connectivity index (χ4v) is 5.07. The second-order valence-electron chi connectivity index (χ2n) is 9.72. The molecule has 4 aromatic carbocycles.